The van der Waals surface area contributed by atoms with E-state index in [1.54, 1.807) is 18.7 Å². The monoisotopic (exact) mass is 266 g/mol. The van der Waals surface area contributed by atoms with Crippen LogP contribution in [-0.2, 0) is 6.54 Å². The largest absolute Gasteiger partial charge is 0.342 e. The summed E-state index contributed by atoms with van der Waals surface area (Å²) in [5, 5.41) is 4.65. The minimum Gasteiger partial charge on any atom is -0.342 e. The van der Waals surface area contributed by atoms with Gasteiger partial charge in [0.05, 0.1) is 19.1 Å². The normalized spacial score (nSPS) is 14.6. The third kappa shape index (κ3) is 2.09. The van der Waals surface area contributed by atoms with Gasteiger partial charge in [0.2, 0.25) is 0 Å². The number of nitrogens with one attached hydrogen (secondary N) is 1. The van der Waals surface area contributed by atoms with Crippen LogP contribution in [0.5, 0.6) is 0 Å². The van der Waals surface area contributed by atoms with E-state index in [4.69, 9.17) is 0 Å². The zero-order valence-electron chi connectivity index (χ0n) is 10.9. The Morgan fingerprint density at radius 2 is 2.20 bits per heavy atom. The molecule has 0 spiro atoms. The Morgan fingerprint density at radius 1 is 1.25 bits per heavy atom. The van der Waals surface area contributed by atoms with Crippen LogP contribution in [0.3, 0.4) is 0 Å². The fourth-order valence-corrected chi connectivity index (χ4v) is 2.23. The molecule has 1 aliphatic rings. The van der Waals surface area contributed by atoms with E-state index >= 15 is 0 Å². The summed E-state index contributed by atoms with van der Waals surface area (Å²) in [7, 11) is 0. The summed E-state index contributed by atoms with van der Waals surface area (Å²) >= 11 is 0. The maximum Gasteiger partial charge on any atom is 0.176 e. The van der Waals surface area contributed by atoms with Crippen LogP contribution >= 0.6 is 0 Å². The van der Waals surface area contributed by atoms with Crippen LogP contribution in [0.15, 0.2) is 37.1 Å². The van der Waals surface area contributed by atoms with Crippen molar-refractivity contribution in [2.24, 2.45) is 0 Å². The third-order valence-electron chi connectivity index (χ3n) is 3.42. The van der Waals surface area contributed by atoms with Crippen LogP contribution in [-0.4, -0.2) is 29.7 Å². The summed E-state index contributed by atoms with van der Waals surface area (Å²) in [5.74, 6) is 2.32. The molecular weight excluding hydrogens is 252 g/mol. The molecule has 100 valence electrons. The number of aromatic amines is 1. The van der Waals surface area contributed by atoms with Crippen molar-refractivity contribution in [3.8, 4) is 11.5 Å². The number of hydrogen-bond acceptors (Lipinski definition) is 4. The van der Waals surface area contributed by atoms with Crippen molar-refractivity contribution in [1.82, 2.24) is 29.7 Å². The number of hydrogen-bond donors (Lipinski definition) is 1. The maximum atomic E-state index is 4.67. The number of H-pyrrole nitrogens is 1. The van der Waals surface area contributed by atoms with Gasteiger partial charge in [-0.15, -0.1) is 0 Å². The Labute approximate surface area is 115 Å². The summed E-state index contributed by atoms with van der Waals surface area (Å²) in [5.41, 5.74) is 2.01. The lowest BCUT2D eigenvalue weighted by atomic mass is 10.3. The number of pyridine rings is 1. The Kier molecular flexibility index (Phi) is 2.58. The summed E-state index contributed by atoms with van der Waals surface area (Å²) in [6.07, 6.45) is 9.46. The van der Waals surface area contributed by atoms with Gasteiger partial charge in [0.1, 0.15) is 5.69 Å². The summed E-state index contributed by atoms with van der Waals surface area (Å²) < 4.78 is 1.93. The molecule has 0 saturated heterocycles. The van der Waals surface area contributed by atoms with Crippen molar-refractivity contribution in [3.05, 3.63) is 48.4 Å². The van der Waals surface area contributed by atoms with Gasteiger partial charge in [-0.1, -0.05) is 6.07 Å². The maximum absolute atomic E-state index is 4.67. The van der Waals surface area contributed by atoms with Gasteiger partial charge in [-0.2, -0.15) is 5.10 Å². The van der Waals surface area contributed by atoms with Gasteiger partial charge in [-0.25, -0.2) is 14.6 Å². The van der Waals surface area contributed by atoms with Crippen molar-refractivity contribution in [2.75, 3.05) is 0 Å². The SMILES string of the molecule is c1cncc(Cn2nc(C3CC3)nc2-c2cnc[nH]2)c1. The first kappa shape index (κ1) is 11.3. The molecule has 0 aliphatic heterocycles. The van der Waals surface area contributed by atoms with Gasteiger partial charge in [0.15, 0.2) is 11.6 Å². The third-order valence-corrected chi connectivity index (χ3v) is 3.42. The van der Waals surface area contributed by atoms with Gasteiger partial charge < -0.3 is 4.98 Å². The lowest BCUT2D eigenvalue weighted by Gasteiger charge is -2.03. The molecule has 3 aromatic heterocycles. The van der Waals surface area contributed by atoms with E-state index in [0.29, 0.717) is 12.5 Å². The lowest BCUT2D eigenvalue weighted by Crippen LogP contribution is -2.04. The molecule has 6 nitrogen and oxygen atoms in total. The fourth-order valence-electron chi connectivity index (χ4n) is 2.23. The molecule has 0 aromatic carbocycles. The van der Waals surface area contributed by atoms with E-state index in [9.17, 15) is 0 Å². The van der Waals surface area contributed by atoms with Gasteiger partial charge >= 0.3 is 0 Å². The van der Waals surface area contributed by atoms with E-state index in [-0.39, 0.29) is 0 Å². The molecular formula is C14H14N6. The molecule has 0 amide bonds. The second kappa shape index (κ2) is 4.56. The summed E-state index contributed by atoms with van der Waals surface area (Å²) in [6, 6.07) is 3.98. The minimum atomic E-state index is 0.534. The first-order valence-electron chi connectivity index (χ1n) is 6.72. The molecule has 1 fully saturated rings. The average Bonchev–Trinajstić information content (AvgIpc) is 3.02. The molecule has 1 aliphatic carbocycles. The van der Waals surface area contributed by atoms with Crippen molar-refractivity contribution in [2.45, 2.75) is 25.3 Å². The predicted octanol–water partition coefficient (Wildman–Crippen LogP) is 1.99. The second-order valence-corrected chi connectivity index (χ2v) is 5.05. The van der Waals surface area contributed by atoms with Crippen molar-refractivity contribution in [1.29, 1.82) is 0 Å². The molecule has 20 heavy (non-hydrogen) atoms. The smallest absolute Gasteiger partial charge is 0.176 e. The number of rotatable bonds is 4. The highest BCUT2D eigenvalue weighted by Gasteiger charge is 2.29. The molecule has 4 rings (SSSR count). The molecule has 1 N–H and O–H groups in total. The zero-order chi connectivity index (χ0) is 13.4. The van der Waals surface area contributed by atoms with Crippen molar-refractivity contribution < 1.29 is 0 Å². The molecule has 0 unspecified atom stereocenters. The van der Waals surface area contributed by atoms with Crippen LogP contribution in [0.1, 0.15) is 30.1 Å². The lowest BCUT2D eigenvalue weighted by molar-refractivity contribution is 0.676. The number of imidazole rings is 1. The highest BCUT2D eigenvalue weighted by molar-refractivity contribution is 5.48. The summed E-state index contributed by atoms with van der Waals surface area (Å²) in [6.45, 7) is 0.669. The van der Waals surface area contributed by atoms with Crippen LogP contribution in [0, 0.1) is 0 Å². The van der Waals surface area contributed by atoms with E-state index in [1.165, 1.54) is 12.8 Å². The molecule has 0 bridgehead atoms. The van der Waals surface area contributed by atoms with E-state index in [2.05, 4.69) is 25.0 Å². The number of nitrogens with zero attached hydrogens (tertiary/aromatic N) is 5. The van der Waals surface area contributed by atoms with Crippen LogP contribution in [0.25, 0.3) is 11.5 Å². The first-order valence-corrected chi connectivity index (χ1v) is 6.72. The van der Waals surface area contributed by atoms with Crippen LogP contribution in [0.4, 0.5) is 0 Å². The highest BCUT2D eigenvalue weighted by Crippen LogP contribution is 2.38. The predicted molar refractivity (Wildman–Crippen MR) is 72.9 cm³/mol. The topological polar surface area (TPSA) is 72.3 Å². The minimum absolute atomic E-state index is 0.534. The Bertz CT molecular complexity index is 697. The fraction of sp³-hybridized carbons (Fsp3) is 0.286. The molecule has 3 heterocycles. The van der Waals surface area contributed by atoms with Crippen molar-refractivity contribution in [3.63, 3.8) is 0 Å². The molecule has 0 atom stereocenters. The standard InChI is InChI=1S/C14H14N6/c1-2-10(6-15-5-1)8-20-14(12-7-16-9-17-12)18-13(19-20)11-3-4-11/h1-2,5-7,9,11H,3-4,8H2,(H,16,17). The van der Waals surface area contributed by atoms with Crippen molar-refractivity contribution >= 4 is 0 Å². The quantitative estimate of drug-likeness (QED) is 0.783. The average molecular weight is 266 g/mol. The zero-order valence-corrected chi connectivity index (χ0v) is 10.9. The van der Waals surface area contributed by atoms with Gasteiger partial charge in [-0.3, -0.25) is 4.98 Å². The molecule has 3 aromatic rings. The Balaban J connectivity index is 1.73. The van der Waals surface area contributed by atoms with Gasteiger partial charge in [0.25, 0.3) is 0 Å². The van der Waals surface area contributed by atoms with Gasteiger partial charge in [0, 0.05) is 18.3 Å². The molecule has 6 heteroatoms. The Hall–Kier alpha value is -2.50. The first-order chi connectivity index (χ1) is 9.90. The second-order valence-electron chi connectivity index (χ2n) is 5.05. The molecule has 1 saturated carbocycles. The van der Waals surface area contributed by atoms with Crippen LogP contribution in [0.2, 0.25) is 0 Å². The van der Waals surface area contributed by atoms with E-state index in [0.717, 1.165) is 22.9 Å². The number of aromatic nitrogens is 6. The highest BCUT2D eigenvalue weighted by atomic mass is 15.4. The molecule has 0 radical (unpaired) electrons. The Morgan fingerprint density at radius 3 is 2.90 bits per heavy atom. The van der Waals surface area contributed by atoms with E-state index < -0.39 is 0 Å². The summed E-state index contributed by atoms with van der Waals surface area (Å²) in [4.78, 5) is 16.0. The van der Waals surface area contributed by atoms with Crippen LogP contribution < -0.4 is 0 Å². The van der Waals surface area contributed by atoms with E-state index in [1.807, 2.05) is 23.0 Å². The van der Waals surface area contributed by atoms with Gasteiger partial charge in [-0.05, 0) is 24.5 Å².